The van der Waals surface area contributed by atoms with Crippen LogP contribution in [0.1, 0.15) is 50.7 Å². The lowest BCUT2D eigenvalue weighted by atomic mass is 9.87. The predicted molar refractivity (Wildman–Crippen MR) is 103 cm³/mol. The van der Waals surface area contributed by atoms with Crippen LogP contribution >= 0.6 is 0 Å². The Kier molecular flexibility index (Phi) is 7.28. The number of phenols is 1. The van der Waals surface area contributed by atoms with E-state index in [1.165, 1.54) is 45.5 Å². The van der Waals surface area contributed by atoms with Crippen LogP contribution in [0.5, 0.6) is 5.75 Å². The fourth-order valence-electron chi connectivity index (χ4n) is 3.23. The second-order valence-corrected chi connectivity index (χ2v) is 9.10. The molecule has 1 heterocycles. The van der Waals surface area contributed by atoms with Crippen molar-refractivity contribution in [2.24, 2.45) is 5.92 Å². The number of phenolic OH excluding ortho intramolecular Hbond substituents is 1. The molecule has 1 aromatic carbocycles. The van der Waals surface area contributed by atoms with Crippen molar-refractivity contribution in [1.29, 1.82) is 0 Å². The highest BCUT2D eigenvalue weighted by Gasteiger charge is 2.27. The van der Waals surface area contributed by atoms with Crippen molar-refractivity contribution in [3.8, 4) is 5.75 Å². The molecule has 0 saturated carbocycles. The molecule has 3 unspecified atom stereocenters. The minimum atomic E-state index is -3.73. The average Bonchev–Trinajstić information content (AvgIpc) is 2.61. The van der Waals surface area contributed by atoms with Crippen molar-refractivity contribution in [2.45, 2.75) is 51.2 Å². The normalized spacial score (nSPS) is 22.3. The average molecular weight is 386 g/mol. The van der Waals surface area contributed by atoms with Crippen LogP contribution < -0.4 is 10.0 Å². The quantitative estimate of drug-likeness (QED) is 0.514. The van der Waals surface area contributed by atoms with Crippen molar-refractivity contribution in [3.05, 3.63) is 23.8 Å². The van der Waals surface area contributed by atoms with Crippen LogP contribution in [0.3, 0.4) is 0 Å². The van der Waals surface area contributed by atoms with Crippen molar-refractivity contribution in [2.75, 3.05) is 25.4 Å². The lowest BCUT2D eigenvalue weighted by Crippen LogP contribution is -2.42. The maximum atomic E-state index is 12.0. The summed E-state index contributed by atoms with van der Waals surface area (Å²) in [6.45, 7) is 3.08. The highest BCUT2D eigenvalue weighted by molar-refractivity contribution is 7.90. The summed E-state index contributed by atoms with van der Waals surface area (Å²) in [5.41, 5.74) is 0.635. The first-order chi connectivity index (χ1) is 12.2. The molecule has 8 heteroatoms. The van der Waals surface area contributed by atoms with E-state index in [9.17, 15) is 18.6 Å². The zero-order valence-corrected chi connectivity index (χ0v) is 16.6. The van der Waals surface area contributed by atoms with Gasteiger partial charge in [0.1, 0.15) is 5.75 Å². The largest absolute Gasteiger partial charge is 0.506 e. The molecule has 0 radical (unpaired) electrons. The van der Waals surface area contributed by atoms with Gasteiger partial charge in [-0.15, -0.1) is 0 Å². The van der Waals surface area contributed by atoms with E-state index in [-0.39, 0.29) is 17.5 Å². The van der Waals surface area contributed by atoms with Gasteiger partial charge in [0.05, 0.1) is 11.8 Å². The lowest BCUT2D eigenvalue weighted by molar-refractivity contribution is 0.102. The van der Waals surface area contributed by atoms with Gasteiger partial charge in [-0.25, -0.2) is 0 Å². The Morgan fingerprint density at radius 2 is 2.08 bits per heavy atom. The topological polar surface area (TPSA) is 102 Å². The number of hydrogen-bond acceptors (Lipinski definition) is 5. The van der Waals surface area contributed by atoms with Gasteiger partial charge < -0.3 is 15.5 Å². The molecule has 4 N–H and O–H groups in total. The number of aliphatic hydroxyl groups is 1. The van der Waals surface area contributed by atoms with Crippen LogP contribution in [0.15, 0.2) is 18.2 Å². The van der Waals surface area contributed by atoms with E-state index in [0.29, 0.717) is 11.5 Å². The molecule has 0 amide bonds. The molecule has 3 atom stereocenters. The van der Waals surface area contributed by atoms with Crippen LogP contribution in [-0.2, 0) is 10.2 Å². The molecule has 1 aliphatic heterocycles. The summed E-state index contributed by atoms with van der Waals surface area (Å²) in [4.78, 5) is 0. The number of unbranched alkanes of at least 4 members (excludes halogenated alkanes) is 1. The first-order valence-corrected chi connectivity index (χ1v) is 10.6. The molecule has 7 nitrogen and oxygen atoms in total. The third-order valence-electron chi connectivity index (χ3n) is 4.98. The standard InChI is InChI=1S/C18H31N3O4S/c1-4-5-6-13-7-9-15(19-12-13)18(23)14-8-10-17(22)16(11-14)20-26(24,25)21(2)3/h8,10-11,13,15,18-20,22-23H,4-7,9,12H2,1-3H3. The lowest BCUT2D eigenvalue weighted by Gasteiger charge is -2.33. The molecule has 0 aliphatic carbocycles. The maximum Gasteiger partial charge on any atom is 0.301 e. The molecule has 1 aliphatic rings. The first kappa shape index (κ1) is 21.0. The van der Waals surface area contributed by atoms with Crippen molar-refractivity contribution in [3.63, 3.8) is 0 Å². The van der Waals surface area contributed by atoms with Gasteiger partial charge in [0, 0.05) is 20.1 Å². The Morgan fingerprint density at radius 3 is 2.65 bits per heavy atom. The molecule has 1 aromatic rings. The van der Waals surface area contributed by atoms with E-state index in [2.05, 4.69) is 17.0 Å². The SMILES string of the molecule is CCCCC1CCC(C(O)c2ccc(O)c(NS(=O)(=O)N(C)C)c2)NC1. The predicted octanol–water partition coefficient (Wildman–Crippen LogP) is 2.20. The molecule has 0 bridgehead atoms. The van der Waals surface area contributed by atoms with E-state index in [1.54, 1.807) is 6.07 Å². The summed E-state index contributed by atoms with van der Waals surface area (Å²) in [6.07, 6.45) is 4.82. The van der Waals surface area contributed by atoms with E-state index in [4.69, 9.17) is 0 Å². The van der Waals surface area contributed by atoms with E-state index in [1.807, 2.05) is 0 Å². The maximum absolute atomic E-state index is 12.0. The number of nitrogens with one attached hydrogen (secondary N) is 2. The zero-order valence-electron chi connectivity index (χ0n) is 15.8. The van der Waals surface area contributed by atoms with Gasteiger partial charge >= 0.3 is 10.2 Å². The van der Waals surface area contributed by atoms with Gasteiger partial charge in [0.25, 0.3) is 0 Å². The second-order valence-electron chi connectivity index (χ2n) is 7.21. The molecule has 2 rings (SSSR count). The van der Waals surface area contributed by atoms with Crippen LogP contribution in [0.2, 0.25) is 0 Å². The summed E-state index contributed by atoms with van der Waals surface area (Å²) in [6, 6.07) is 4.44. The van der Waals surface area contributed by atoms with Crippen molar-refractivity contribution in [1.82, 2.24) is 9.62 Å². The highest BCUT2D eigenvalue weighted by Crippen LogP contribution is 2.32. The summed E-state index contributed by atoms with van der Waals surface area (Å²) in [5, 5.41) is 24.1. The Hall–Kier alpha value is -1.35. The van der Waals surface area contributed by atoms with Gasteiger partial charge in [-0.05, 0) is 49.4 Å². The zero-order chi connectivity index (χ0) is 19.3. The van der Waals surface area contributed by atoms with Crippen molar-refractivity contribution >= 4 is 15.9 Å². The van der Waals surface area contributed by atoms with Crippen LogP contribution in [0.25, 0.3) is 0 Å². The Labute approximate surface area is 156 Å². The number of benzene rings is 1. The van der Waals surface area contributed by atoms with Gasteiger partial charge in [0.2, 0.25) is 0 Å². The minimum Gasteiger partial charge on any atom is -0.506 e. The van der Waals surface area contributed by atoms with Gasteiger partial charge in [-0.1, -0.05) is 25.8 Å². The number of hydrogen-bond donors (Lipinski definition) is 4. The van der Waals surface area contributed by atoms with Crippen LogP contribution in [0.4, 0.5) is 5.69 Å². The van der Waals surface area contributed by atoms with Gasteiger partial charge in [-0.3, -0.25) is 4.72 Å². The first-order valence-electron chi connectivity index (χ1n) is 9.19. The third kappa shape index (κ3) is 5.33. The summed E-state index contributed by atoms with van der Waals surface area (Å²) < 4.78 is 27.3. The van der Waals surface area contributed by atoms with Gasteiger partial charge in [0.15, 0.2) is 0 Å². The summed E-state index contributed by atoms with van der Waals surface area (Å²) >= 11 is 0. The Balaban J connectivity index is 2.06. The van der Waals surface area contributed by atoms with E-state index >= 15 is 0 Å². The molecule has 1 saturated heterocycles. The number of nitrogens with zero attached hydrogens (tertiary/aromatic N) is 1. The molecule has 0 aromatic heterocycles. The Morgan fingerprint density at radius 1 is 1.35 bits per heavy atom. The molecule has 26 heavy (non-hydrogen) atoms. The van der Waals surface area contributed by atoms with Crippen LogP contribution in [0, 0.1) is 5.92 Å². The highest BCUT2D eigenvalue weighted by atomic mass is 32.2. The monoisotopic (exact) mass is 385 g/mol. The number of aliphatic hydroxyl groups excluding tert-OH is 1. The van der Waals surface area contributed by atoms with Crippen molar-refractivity contribution < 1.29 is 18.6 Å². The van der Waals surface area contributed by atoms with Gasteiger partial charge in [-0.2, -0.15) is 12.7 Å². The van der Waals surface area contributed by atoms with Crippen LogP contribution in [-0.4, -0.2) is 49.6 Å². The number of aromatic hydroxyl groups is 1. The molecule has 148 valence electrons. The molecule has 1 fully saturated rings. The number of rotatable bonds is 8. The third-order valence-corrected chi connectivity index (χ3v) is 6.42. The molecule has 0 spiro atoms. The Bertz CT molecular complexity index is 686. The minimum absolute atomic E-state index is 0.0619. The fourth-order valence-corrected chi connectivity index (χ4v) is 3.85. The molecular weight excluding hydrogens is 354 g/mol. The number of piperidine rings is 1. The fraction of sp³-hybridized carbons (Fsp3) is 0.667. The summed E-state index contributed by atoms with van der Waals surface area (Å²) in [5.74, 6) is 0.475. The second kappa shape index (κ2) is 9.03. The van der Waals surface area contributed by atoms with E-state index < -0.39 is 16.3 Å². The van der Waals surface area contributed by atoms with E-state index in [0.717, 1.165) is 23.7 Å². The number of anilines is 1. The summed E-state index contributed by atoms with van der Waals surface area (Å²) in [7, 11) is -0.928. The smallest absolute Gasteiger partial charge is 0.301 e. The molecular formula is C18H31N3O4S.